The van der Waals surface area contributed by atoms with Gasteiger partial charge in [-0.05, 0) is 99.4 Å². The lowest BCUT2D eigenvalue weighted by molar-refractivity contribution is 1.10. The van der Waals surface area contributed by atoms with Crippen molar-refractivity contribution in [2.75, 3.05) is 0 Å². The first-order valence-corrected chi connectivity index (χ1v) is 23.0. The number of benzene rings is 10. The van der Waals surface area contributed by atoms with Crippen LogP contribution in [-0.2, 0) is 0 Å². The van der Waals surface area contributed by atoms with Gasteiger partial charge in [0.05, 0.1) is 33.5 Å². The fourth-order valence-electron chi connectivity index (χ4n) is 10.00. The van der Waals surface area contributed by atoms with E-state index in [1.807, 2.05) is 0 Å². The third-order valence-corrected chi connectivity index (χ3v) is 13.1. The maximum atomic E-state index is 5.93. The van der Waals surface area contributed by atoms with Crippen LogP contribution in [0.3, 0.4) is 0 Å². The minimum absolute atomic E-state index is 0.875. The summed E-state index contributed by atoms with van der Waals surface area (Å²) in [4.78, 5) is 16.5. The van der Waals surface area contributed by atoms with Crippen LogP contribution in [-0.4, -0.2) is 24.1 Å². The quantitative estimate of drug-likeness (QED) is 0.153. The predicted octanol–water partition coefficient (Wildman–Crippen LogP) is 16.1. The molecule has 5 nitrogen and oxygen atoms in total. The summed E-state index contributed by atoms with van der Waals surface area (Å²) in [5.41, 5.74) is 16.2. The number of nitrogens with zero attached hydrogens (tertiary/aromatic N) is 5. The highest BCUT2D eigenvalue weighted by Crippen LogP contribution is 2.45. The molecule has 0 N–H and O–H groups in total. The van der Waals surface area contributed by atoms with Crippen molar-refractivity contribution in [3.8, 4) is 78.9 Å². The SMILES string of the molecule is c1ccc(-n2c(-c3cccc(-c4cc(-c5cccc(-c6nc7ccccc7n6-c6ccccc6)c5)c(-c5cccc6ccccc56)nc4-c4cccc5ccccc45)c3)nc3ccccc32)cc1. The molecule has 0 aliphatic heterocycles. The Morgan fingerprint density at radius 1 is 0.265 bits per heavy atom. The second-order valence-electron chi connectivity index (χ2n) is 17.2. The van der Waals surface area contributed by atoms with Crippen molar-refractivity contribution in [2.24, 2.45) is 0 Å². The Morgan fingerprint density at radius 2 is 0.647 bits per heavy atom. The van der Waals surface area contributed by atoms with Gasteiger partial charge in [0.25, 0.3) is 0 Å². The number of pyridine rings is 1. The summed E-state index contributed by atoms with van der Waals surface area (Å²) in [7, 11) is 0. The molecule has 318 valence electrons. The Bertz CT molecular complexity index is 3760. The van der Waals surface area contributed by atoms with Gasteiger partial charge in [-0.15, -0.1) is 0 Å². The molecule has 13 aromatic rings. The standard InChI is InChI=1S/C63H41N5/c1-3-27-48(28-4-1)67-58-37-13-11-35-56(58)64-62(67)46-25-15-23-44(39-46)54-41-55(45-24-16-26-47(40-45)63-65-57-36-12-14-38-59(57)68(63)49-29-5-2-6-30-49)61(53-34-18-22-43-20-8-10-32-51(43)53)66-60(54)52-33-17-21-42-19-7-9-31-50(42)52/h1-41H. The largest absolute Gasteiger partial charge is 0.292 e. The summed E-state index contributed by atoms with van der Waals surface area (Å²) in [5.74, 6) is 1.75. The van der Waals surface area contributed by atoms with E-state index in [4.69, 9.17) is 15.0 Å². The topological polar surface area (TPSA) is 48.5 Å². The molecule has 3 aromatic heterocycles. The molecular weight excluding hydrogens is 827 g/mol. The van der Waals surface area contributed by atoms with E-state index in [-0.39, 0.29) is 0 Å². The van der Waals surface area contributed by atoms with E-state index in [2.05, 4.69) is 258 Å². The van der Waals surface area contributed by atoms with Crippen LogP contribution < -0.4 is 0 Å². The second-order valence-corrected chi connectivity index (χ2v) is 17.2. The minimum atomic E-state index is 0.875. The lowest BCUT2D eigenvalue weighted by Crippen LogP contribution is -2.00. The summed E-state index contributed by atoms with van der Waals surface area (Å²) >= 11 is 0. The molecule has 0 saturated carbocycles. The number of rotatable bonds is 8. The minimum Gasteiger partial charge on any atom is -0.292 e. The number of hydrogen-bond donors (Lipinski definition) is 0. The highest BCUT2D eigenvalue weighted by molar-refractivity contribution is 6.05. The van der Waals surface area contributed by atoms with E-state index >= 15 is 0 Å². The van der Waals surface area contributed by atoms with E-state index in [9.17, 15) is 0 Å². The summed E-state index contributed by atoms with van der Waals surface area (Å²) in [6.07, 6.45) is 0. The number of imidazole rings is 2. The molecule has 0 unspecified atom stereocenters. The molecule has 0 amide bonds. The third-order valence-electron chi connectivity index (χ3n) is 13.1. The fraction of sp³-hybridized carbons (Fsp3) is 0. The lowest BCUT2D eigenvalue weighted by Gasteiger charge is -2.20. The average molecular weight is 868 g/mol. The highest BCUT2D eigenvalue weighted by Gasteiger charge is 2.23. The monoisotopic (exact) mass is 867 g/mol. The second kappa shape index (κ2) is 16.4. The Morgan fingerprint density at radius 3 is 1.13 bits per heavy atom. The van der Waals surface area contributed by atoms with Crippen molar-refractivity contribution >= 4 is 43.6 Å². The van der Waals surface area contributed by atoms with Crippen molar-refractivity contribution in [3.63, 3.8) is 0 Å². The molecule has 3 heterocycles. The van der Waals surface area contributed by atoms with Crippen LogP contribution >= 0.6 is 0 Å². The van der Waals surface area contributed by atoms with E-state index in [1.165, 1.54) is 0 Å². The molecule has 0 bridgehead atoms. The van der Waals surface area contributed by atoms with E-state index in [1.54, 1.807) is 0 Å². The number of fused-ring (bicyclic) bond motifs is 4. The van der Waals surface area contributed by atoms with Crippen molar-refractivity contribution in [3.05, 3.63) is 249 Å². The van der Waals surface area contributed by atoms with Gasteiger partial charge in [-0.1, -0.05) is 182 Å². The normalized spacial score (nSPS) is 11.5. The van der Waals surface area contributed by atoms with Gasteiger partial charge < -0.3 is 0 Å². The van der Waals surface area contributed by atoms with Crippen molar-refractivity contribution < 1.29 is 0 Å². The van der Waals surface area contributed by atoms with Crippen LogP contribution in [0.15, 0.2) is 249 Å². The molecule has 0 spiro atoms. The number of hydrogen-bond acceptors (Lipinski definition) is 3. The molecule has 0 fully saturated rings. The van der Waals surface area contributed by atoms with Crippen LogP contribution in [0.1, 0.15) is 0 Å². The highest BCUT2D eigenvalue weighted by atomic mass is 15.1. The first-order valence-electron chi connectivity index (χ1n) is 23.0. The molecule has 10 aromatic carbocycles. The van der Waals surface area contributed by atoms with Gasteiger partial charge in [0.2, 0.25) is 0 Å². The molecule has 0 atom stereocenters. The van der Waals surface area contributed by atoms with E-state index < -0.39 is 0 Å². The van der Waals surface area contributed by atoms with Gasteiger partial charge in [0.1, 0.15) is 11.6 Å². The molecule has 0 saturated heterocycles. The first kappa shape index (κ1) is 39.2. The fourth-order valence-corrected chi connectivity index (χ4v) is 10.00. The Hall–Kier alpha value is -9.19. The lowest BCUT2D eigenvalue weighted by atomic mass is 9.88. The van der Waals surface area contributed by atoms with Crippen molar-refractivity contribution in [2.45, 2.75) is 0 Å². The first-order chi connectivity index (χ1) is 33.7. The van der Waals surface area contributed by atoms with Gasteiger partial charge in [-0.3, -0.25) is 9.13 Å². The predicted molar refractivity (Wildman–Crippen MR) is 281 cm³/mol. The van der Waals surface area contributed by atoms with Gasteiger partial charge in [0, 0.05) is 44.8 Å². The van der Waals surface area contributed by atoms with Gasteiger partial charge >= 0.3 is 0 Å². The Balaban J connectivity index is 1.09. The maximum absolute atomic E-state index is 5.93. The number of aromatic nitrogens is 5. The van der Waals surface area contributed by atoms with Crippen LogP contribution in [0.4, 0.5) is 0 Å². The zero-order valence-electron chi connectivity index (χ0n) is 36.9. The molecular formula is C63H41N5. The summed E-state index contributed by atoms with van der Waals surface area (Å²) in [6.45, 7) is 0. The molecule has 13 rings (SSSR count). The Kier molecular flexibility index (Phi) is 9.43. The van der Waals surface area contributed by atoms with Crippen LogP contribution in [0.25, 0.3) is 123 Å². The summed E-state index contributed by atoms with van der Waals surface area (Å²) in [6, 6.07) is 88.1. The maximum Gasteiger partial charge on any atom is 0.145 e. The molecule has 5 heteroatoms. The smallest absolute Gasteiger partial charge is 0.145 e. The van der Waals surface area contributed by atoms with Crippen molar-refractivity contribution in [1.82, 2.24) is 24.1 Å². The molecule has 0 radical (unpaired) electrons. The molecule has 68 heavy (non-hydrogen) atoms. The average Bonchev–Trinajstić information content (AvgIpc) is 4.01. The van der Waals surface area contributed by atoms with Crippen LogP contribution in [0.2, 0.25) is 0 Å². The summed E-state index contributed by atoms with van der Waals surface area (Å²) in [5, 5.41) is 4.61. The van der Waals surface area contributed by atoms with E-state index in [0.717, 1.165) is 123 Å². The Labute approximate surface area is 393 Å². The third kappa shape index (κ3) is 6.68. The van der Waals surface area contributed by atoms with Crippen LogP contribution in [0, 0.1) is 0 Å². The zero-order valence-corrected chi connectivity index (χ0v) is 36.9. The van der Waals surface area contributed by atoms with Gasteiger partial charge in [-0.2, -0.15) is 0 Å². The molecule has 0 aliphatic rings. The number of para-hydroxylation sites is 6. The van der Waals surface area contributed by atoms with Gasteiger partial charge in [0.15, 0.2) is 0 Å². The molecule has 0 aliphatic carbocycles. The summed E-state index contributed by atoms with van der Waals surface area (Å²) < 4.78 is 4.53. The van der Waals surface area contributed by atoms with Gasteiger partial charge in [-0.25, -0.2) is 15.0 Å². The van der Waals surface area contributed by atoms with Crippen LogP contribution in [0.5, 0.6) is 0 Å². The van der Waals surface area contributed by atoms with E-state index in [0.29, 0.717) is 0 Å². The zero-order chi connectivity index (χ0) is 45.0. The van der Waals surface area contributed by atoms with Crippen molar-refractivity contribution in [1.29, 1.82) is 0 Å².